The minimum absolute atomic E-state index is 0.0254. The number of hydrogen-bond donors (Lipinski definition) is 2. The molecule has 0 unspecified atom stereocenters. The summed E-state index contributed by atoms with van der Waals surface area (Å²) in [4.78, 5) is 42.3. The number of nitrogens with zero attached hydrogens (tertiary/aromatic N) is 1. The Kier molecular flexibility index (Phi) is 7.23. The van der Waals surface area contributed by atoms with Crippen LogP contribution in [0.1, 0.15) is 38.5 Å². The van der Waals surface area contributed by atoms with E-state index in [1.165, 1.54) is 31.6 Å². The second-order valence-corrected chi connectivity index (χ2v) is 7.80. The van der Waals surface area contributed by atoms with E-state index in [1.807, 2.05) is 0 Å². The molecule has 2 N–H and O–H groups in total. The Hall–Kier alpha value is -3.05. The average molecular weight is 423 g/mol. The monoisotopic (exact) mass is 423 g/mol. The molecule has 156 valence electrons. The van der Waals surface area contributed by atoms with Crippen molar-refractivity contribution in [3.05, 3.63) is 47.0 Å². The number of rotatable bonds is 9. The summed E-state index contributed by atoms with van der Waals surface area (Å²) in [5.74, 6) is -1.85. The number of Topliss-reactive ketones (excluding diaryl/α,β-unsaturated/α-hetero) is 1. The molecule has 11 heteroatoms. The third kappa shape index (κ3) is 5.48. The molecule has 0 radical (unpaired) electrons. The van der Waals surface area contributed by atoms with E-state index in [0.717, 1.165) is 0 Å². The Morgan fingerprint density at radius 3 is 2.59 bits per heavy atom. The van der Waals surface area contributed by atoms with E-state index in [4.69, 9.17) is 4.74 Å². The fourth-order valence-corrected chi connectivity index (χ4v) is 3.60. The van der Waals surface area contributed by atoms with Crippen LogP contribution in [0.15, 0.2) is 29.4 Å². The molecule has 0 atom stereocenters. The molecule has 0 aromatic carbocycles. The standard InChI is InChI=1S/C18H21N3O7S/c1-11-16(18(24)27-3)12(2)21-17(11)14(22)10-28-15(23)6-8-20-29(25,26)13-5-4-7-19-9-13/h4-5,7,9,20-21H,6,8,10H2,1-3H3. The molecule has 0 aliphatic carbocycles. The number of methoxy groups -OCH3 is 1. The number of carbonyl (C=O) groups is 3. The first kappa shape index (κ1) is 22.2. The van der Waals surface area contributed by atoms with Crippen LogP contribution in [0.2, 0.25) is 0 Å². The maximum absolute atomic E-state index is 12.3. The lowest BCUT2D eigenvalue weighted by Crippen LogP contribution is -2.27. The van der Waals surface area contributed by atoms with Crippen LogP contribution in [0.4, 0.5) is 0 Å². The third-order valence-corrected chi connectivity index (χ3v) is 5.48. The van der Waals surface area contributed by atoms with Crippen molar-refractivity contribution >= 4 is 27.7 Å². The number of H-pyrrole nitrogens is 1. The number of ketones is 1. The largest absolute Gasteiger partial charge is 0.465 e. The summed E-state index contributed by atoms with van der Waals surface area (Å²) >= 11 is 0. The van der Waals surface area contributed by atoms with Crippen LogP contribution in [0.5, 0.6) is 0 Å². The maximum atomic E-state index is 12.3. The van der Waals surface area contributed by atoms with Gasteiger partial charge in [-0.05, 0) is 31.5 Å². The van der Waals surface area contributed by atoms with Gasteiger partial charge in [-0.2, -0.15) is 0 Å². The molecule has 0 amide bonds. The molecule has 0 spiro atoms. The van der Waals surface area contributed by atoms with E-state index in [0.29, 0.717) is 11.3 Å². The SMILES string of the molecule is COC(=O)c1c(C)[nH]c(C(=O)COC(=O)CCNS(=O)(=O)c2cccnc2)c1C. The van der Waals surface area contributed by atoms with Crippen LogP contribution in [0.3, 0.4) is 0 Å². The summed E-state index contributed by atoms with van der Waals surface area (Å²) in [5, 5.41) is 0. The zero-order valence-corrected chi connectivity index (χ0v) is 17.0. The number of sulfonamides is 1. The lowest BCUT2D eigenvalue weighted by Gasteiger charge is -2.07. The van der Waals surface area contributed by atoms with Crippen molar-refractivity contribution in [2.24, 2.45) is 0 Å². The molecule has 2 rings (SSSR count). The molecule has 0 aliphatic rings. The van der Waals surface area contributed by atoms with Gasteiger partial charge in [-0.1, -0.05) is 0 Å². The van der Waals surface area contributed by atoms with Crippen LogP contribution in [-0.2, 0) is 24.3 Å². The fraction of sp³-hybridized carbons (Fsp3) is 0.333. The van der Waals surface area contributed by atoms with Gasteiger partial charge < -0.3 is 14.5 Å². The molecular formula is C18H21N3O7S. The van der Waals surface area contributed by atoms with Crippen molar-refractivity contribution in [1.29, 1.82) is 0 Å². The number of carbonyl (C=O) groups excluding carboxylic acids is 3. The molecule has 2 aromatic rings. The molecule has 29 heavy (non-hydrogen) atoms. The number of aromatic nitrogens is 2. The van der Waals surface area contributed by atoms with Gasteiger partial charge in [0.25, 0.3) is 0 Å². The predicted molar refractivity (Wildman–Crippen MR) is 101 cm³/mol. The lowest BCUT2D eigenvalue weighted by atomic mass is 10.1. The normalized spacial score (nSPS) is 11.1. The maximum Gasteiger partial charge on any atom is 0.339 e. The van der Waals surface area contributed by atoms with E-state index in [-0.39, 0.29) is 29.1 Å². The predicted octanol–water partition coefficient (Wildman–Crippen LogP) is 0.908. The quantitative estimate of drug-likeness (QED) is 0.447. The highest BCUT2D eigenvalue weighted by Crippen LogP contribution is 2.19. The van der Waals surface area contributed by atoms with E-state index in [2.05, 4.69) is 19.4 Å². The van der Waals surface area contributed by atoms with Gasteiger partial charge in [0.1, 0.15) is 4.90 Å². The molecular weight excluding hydrogens is 402 g/mol. The molecule has 0 fully saturated rings. The molecule has 0 bridgehead atoms. The van der Waals surface area contributed by atoms with Crippen LogP contribution in [0.25, 0.3) is 0 Å². The highest BCUT2D eigenvalue weighted by molar-refractivity contribution is 7.89. The van der Waals surface area contributed by atoms with Gasteiger partial charge >= 0.3 is 11.9 Å². The highest BCUT2D eigenvalue weighted by atomic mass is 32.2. The van der Waals surface area contributed by atoms with Gasteiger partial charge in [0.05, 0.1) is 24.8 Å². The number of ether oxygens (including phenoxy) is 2. The summed E-state index contributed by atoms with van der Waals surface area (Å²) in [6, 6.07) is 2.85. The minimum Gasteiger partial charge on any atom is -0.465 e. The first-order valence-electron chi connectivity index (χ1n) is 8.53. The Balaban J connectivity index is 1.87. The van der Waals surface area contributed by atoms with Gasteiger partial charge in [0, 0.05) is 24.6 Å². The Labute approximate surface area is 167 Å². The van der Waals surface area contributed by atoms with Gasteiger partial charge in [0.2, 0.25) is 15.8 Å². The number of hydrogen-bond acceptors (Lipinski definition) is 8. The fourth-order valence-electron chi connectivity index (χ4n) is 2.60. The van der Waals surface area contributed by atoms with Crippen molar-refractivity contribution in [3.8, 4) is 0 Å². The van der Waals surface area contributed by atoms with E-state index < -0.39 is 34.4 Å². The van der Waals surface area contributed by atoms with Crippen molar-refractivity contribution < 1.29 is 32.3 Å². The smallest absolute Gasteiger partial charge is 0.339 e. The van der Waals surface area contributed by atoms with Crippen molar-refractivity contribution in [2.45, 2.75) is 25.2 Å². The molecule has 10 nitrogen and oxygen atoms in total. The summed E-state index contributed by atoms with van der Waals surface area (Å²) in [6.07, 6.45) is 2.36. The van der Waals surface area contributed by atoms with Crippen LogP contribution < -0.4 is 4.72 Å². The topological polar surface area (TPSA) is 145 Å². The second kappa shape index (κ2) is 9.43. The Morgan fingerprint density at radius 1 is 1.24 bits per heavy atom. The highest BCUT2D eigenvalue weighted by Gasteiger charge is 2.23. The Morgan fingerprint density at radius 2 is 1.97 bits per heavy atom. The number of nitrogens with one attached hydrogen (secondary N) is 2. The zero-order valence-electron chi connectivity index (χ0n) is 16.1. The van der Waals surface area contributed by atoms with Gasteiger partial charge in [-0.3, -0.25) is 14.6 Å². The first-order valence-corrected chi connectivity index (χ1v) is 10.0. The molecule has 0 saturated heterocycles. The summed E-state index contributed by atoms with van der Waals surface area (Å²) in [6.45, 7) is 2.46. The number of aryl methyl sites for hydroxylation is 1. The lowest BCUT2D eigenvalue weighted by molar-refractivity contribution is -0.142. The third-order valence-electron chi connectivity index (χ3n) is 4.04. The molecule has 0 saturated carbocycles. The van der Waals surface area contributed by atoms with E-state index in [1.54, 1.807) is 13.8 Å². The molecule has 2 heterocycles. The number of pyridine rings is 1. The summed E-state index contributed by atoms with van der Waals surface area (Å²) in [7, 11) is -2.55. The van der Waals surface area contributed by atoms with Crippen molar-refractivity contribution in [2.75, 3.05) is 20.3 Å². The average Bonchev–Trinajstić information content (AvgIpc) is 3.00. The molecule has 2 aromatic heterocycles. The summed E-state index contributed by atoms with van der Waals surface area (Å²) in [5.41, 5.74) is 1.27. The summed E-state index contributed by atoms with van der Waals surface area (Å²) < 4.78 is 35.9. The van der Waals surface area contributed by atoms with Crippen LogP contribution >= 0.6 is 0 Å². The van der Waals surface area contributed by atoms with Gasteiger partial charge in [0.15, 0.2) is 6.61 Å². The van der Waals surface area contributed by atoms with Crippen molar-refractivity contribution in [1.82, 2.24) is 14.7 Å². The second-order valence-electron chi connectivity index (χ2n) is 6.04. The van der Waals surface area contributed by atoms with Crippen LogP contribution in [-0.4, -0.2) is 56.4 Å². The minimum atomic E-state index is -3.78. The number of esters is 2. The first-order chi connectivity index (χ1) is 13.7. The van der Waals surface area contributed by atoms with Gasteiger partial charge in [-0.25, -0.2) is 17.9 Å². The van der Waals surface area contributed by atoms with E-state index >= 15 is 0 Å². The van der Waals surface area contributed by atoms with Gasteiger partial charge in [-0.15, -0.1) is 0 Å². The Bertz CT molecular complexity index is 1010. The zero-order chi connectivity index (χ0) is 21.6. The van der Waals surface area contributed by atoms with E-state index in [9.17, 15) is 22.8 Å². The van der Waals surface area contributed by atoms with Crippen LogP contribution in [0, 0.1) is 13.8 Å². The van der Waals surface area contributed by atoms with Crippen molar-refractivity contribution in [3.63, 3.8) is 0 Å². The molecule has 0 aliphatic heterocycles. The number of aromatic amines is 1.